The van der Waals surface area contributed by atoms with Gasteiger partial charge < -0.3 is 9.47 Å². The van der Waals surface area contributed by atoms with Gasteiger partial charge in [0.1, 0.15) is 0 Å². The smallest absolute Gasteiger partial charge is 0.231 e. The summed E-state index contributed by atoms with van der Waals surface area (Å²) < 4.78 is 10.8. The Labute approximate surface area is 80.0 Å². The third kappa shape index (κ3) is 0.753. The van der Waals surface area contributed by atoms with Gasteiger partial charge in [-0.05, 0) is 18.2 Å². The Balaban J connectivity index is 2.10. The highest BCUT2D eigenvalue weighted by Gasteiger charge is 2.76. The van der Waals surface area contributed by atoms with Gasteiger partial charge in [-0.3, -0.25) is 4.79 Å². The van der Waals surface area contributed by atoms with E-state index < -0.39 is 11.4 Å². The number of epoxide rings is 1. The van der Waals surface area contributed by atoms with Crippen molar-refractivity contribution >= 4 is 17.4 Å². The fraction of sp³-hybridized carbons (Fsp3) is 0.444. The molecule has 2 fully saturated rings. The number of Topliss-reactive ketones (excluding diaryl/α,β-unsaturated/α-hetero) is 1. The van der Waals surface area contributed by atoms with Crippen molar-refractivity contribution in [2.45, 2.75) is 17.8 Å². The minimum Gasteiger partial charge on any atom is -0.343 e. The van der Waals surface area contributed by atoms with E-state index in [0.29, 0.717) is 18.1 Å². The number of ketones is 1. The molecule has 0 saturated carbocycles. The lowest BCUT2D eigenvalue weighted by atomic mass is 9.89. The Morgan fingerprint density at radius 1 is 1.54 bits per heavy atom. The van der Waals surface area contributed by atoms with E-state index in [9.17, 15) is 4.79 Å². The summed E-state index contributed by atoms with van der Waals surface area (Å²) in [6.07, 6.45) is 5.45. The number of ether oxygens (including phenoxy) is 2. The zero-order chi connectivity index (χ0) is 9.10. The molecule has 0 aromatic carbocycles. The average Bonchev–Trinajstić information content (AvgIpc) is 2.75. The highest BCUT2D eigenvalue weighted by Crippen LogP contribution is 2.57. The van der Waals surface area contributed by atoms with Gasteiger partial charge in [0.2, 0.25) is 11.4 Å². The summed E-state index contributed by atoms with van der Waals surface area (Å²) in [6, 6.07) is 0. The van der Waals surface area contributed by atoms with Crippen LogP contribution in [0.5, 0.6) is 0 Å². The van der Waals surface area contributed by atoms with Crippen LogP contribution in [0.3, 0.4) is 0 Å². The van der Waals surface area contributed by atoms with Crippen molar-refractivity contribution in [3.63, 3.8) is 0 Å². The van der Waals surface area contributed by atoms with Crippen LogP contribution in [0.1, 0.15) is 6.42 Å². The van der Waals surface area contributed by atoms with Crippen molar-refractivity contribution in [2.24, 2.45) is 0 Å². The molecule has 0 spiro atoms. The van der Waals surface area contributed by atoms with E-state index in [-0.39, 0.29) is 5.78 Å². The normalized spacial score (nSPS) is 46.5. The Morgan fingerprint density at radius 2 is 2.38 bits per heavy atom. The summed E-state index contributed by atoms with van der Waals surface area (Å²) in [6.45, 7) is 0.427. The number of halogens is 1. The Hall–Kier alpha value is -0.640. The van der Waals surface area contributed by atoms with E-state index in [1.54, 1.807) is 18.2 Å². The third-order valence-electron chi connectivity index (χ3n) is 2.65. The number of hydrogen-bond donors (Lipinski definition) is 0. The molecule has 68 valence electrons. The van der Waals surface area contributed by atoms with Crippen LogP contribution in [0.4, 0.5) is 0 Å². The predicted molar refractivity (Wildman–Crippen MR) is 45.2 cm³/mol. The van der Waals surface area contributed by atoms with Crippen molar-refractivity contribution in [1.29, 1.82) is 0 Å². The molecule has 0 aromatic rings. The van der Waals surface area contributed by atoms with Crippen LogP contribution >= 0.6 is 11.6 Å². The maximum Gasteiger partial charge on any atom is 0.231 e. The van der Waals surface area contributed by atoms with Crippen LogP contribution in [-0.2, 0) is 14.3 Å². The molecule has 3 nitrogen and oxygen atoms in total. The van der Waals surface area contributed by atoms with E-state index in [1.165, 1.54) is 0 Å². The van der Waals surface area contributed by atoms with E-state index in [2.05, 4.69) is 0 Å². The van der Waals surface area contributed by atoms with E-state index in [1.807, 2.05) is 0 Å². The van der Waals surface area contributed by atoms with E-state index in [0.717, 1.165) is 0 Å². The molecule has 0 N–H and O–H groups in total. The average molecular weight is 199 g/mol. The van der Waals surface area contributed by atoms with Gasteiger partial charge in [0.25, 0.3) is 0 Å². The van der Waals surface area contributed by atoms with Gasteiger partial charge in [-0.2, -0.15) is 0 Å². The Bertz CT molecular complexity index is 360. The molecular formula is C9H7ClO3. The quantitative estimate of drug-likeness (QED) is 0.548. The molecule has 2 heterocycles. The fourth-order valence-electron chi connectivity index (χ4n) is 1.93. The lowest BCUT2D eigenvalue weighted by Crippen LogP contribution is -2.40. The number of hydrogen-bond acceptors (Lipinski definition) is 3. The summed E-state index contributed by atoms with van der Waals surface area (Å²) in [5.74, 6) is -0.762. The number of allylic oxidation sites excluding steroid dienone is 2. The first-order chi connectivity index (χ1) is 6.19. The Morgan fingerprint density at radius 3 is 3.23 bits per heavy atom. The lowest BCUT2D eigenvalue weighted by molar-refractivity contribution is -0.127. The van der Waals surface area contributed by atoms with Crippen LogP contribution < -0.4 is 0 Å². The van der Waals surface area contributed by atoms with Crippen molar-refractivity contribution in [3.8, 4) is 0 Å². The molecular weight excluding hydrogens is 192 g/mol. The highest BCUT2D eigenvalue weighted by molar-refractivity contribution is 6.31. The van der Waals surface area contributed by atoms with E-state index >= 15 is 0 Å². The van der Waals surface area contributed by atoms with Crippen molar-refractivity contribution in [3.05, 3.63) is 23.3 Å². The third-order valence-corrected chi connectivity index (χ3v) is 2.89. The molecule has 2 unspecified atom stereocenters. The number of carbonyl (C=O) groups excluding carboxylic acids is 1. The second-order valence-corrected chi connectivity index (χ2v) is 3.83. The van der Waals surface area contributed by atoms with Gasteiger partial charge in [-0.15, -0.1) is 0 Å². The summed E-state index contributed by atoms with van der Waals surface area (Å²) in [7, 11) is 0. The summed E-state index contributed by atoms with van der Waals surface area (Å²) >= 11 is 5.80. The minimum atomic E-state index is -0.892. The highest BCUT2D eigenvalue weighted by atomic mass is 35.5. The fourth-order valence-corrected chi connectivity index (χ4v) is 2.15. The van der Waals surface area contributed by atoms with E-state index in [4.69, 9.17) is 21.1 Å². The van der Waals surface area contributed by atoms with Gasteiger partial charge >= 0.3 is 0 Å². The van der Waals surface area contributed by atoms with Crippen molar-refractivity contribution in [2.75, 3.05) is 6.61 Å². The maximum absolute atomic E-state index is 11.6. The first-order valence-corrected chi connectivity index (χ1v) is 4.51. The molecule has 3 rings (SSSR count). The van der Waals surface area contributed by atoms with Crippen LogP contribution in [0.15, 0.2) is 23.3 Å². The monoisotopic (exact) mass is 198 g/mol. The largest absolute Gasteiger partial charge is 0.343 e. The Kier molecular flexibility index (Phi) is 1.22. The summed E-state index contributed by atoms with van der Waals surface area (Å²) in [4.78, 5) is 11.6. The van der Waals surface area contributed by atoms with Gasteiger partial charge in [-0.25, -0.2) is 0 Å². The number of carbonyl (C=O) groups is 1. The van der Waals surface area contributed by atoms with Crippen molar-refractivity contribution in [1.82, 2.24) is 0 Å². The SMILES string of the molecule is O=C1CCOC23C=CC(Cl)=CC12O3. The molecule has 0 aromatic heterocycles. The molecule has 2 atom stereocenters. The minimum absolute atomic E-state index is 0.0567. The van der Waals surface area contributed by atoms with Gasteiger partial charge in [0.15, 0.2) is 5.78 Å². The molecule has 13 heavy (non-hydrogen) atoms. The summed E-state index contributed by atoms with van der Waals surface area (Å²) in [5, 5.41) is 0.534. The second-order valence-electron chi connectivity index (χ2n) is 3.39. The number of rotatable bonds is 0. The first-order valence-electron chi connectivity index (χ1n) is 4.14. The van der Waals surface area contributed by atoms with Crippen LogP contribution in [0.2, 0.25) is 0 Å². The molecule has 3 aliphatic rings. The molecule has 4 heteroatoms. The van der Waals surface area contributed by atoms with Crippen LogP contribution in [-0.4, -0.2) is 23.8 Å². The predicted octanol–water partition coefficient (Wildman–Crippen LogP) is 1.13. The lowest BCUT2D eigenvalue weighted by Gasteiger charge is -2.21. The summed E-state index contributed by atoms with van der Waals surface area (Å²) in [5.41, 5.74) is -0.892. The molecule has 0 amide bonds. The van der Waals surface area contributed by atoms with Gasteiger partial charge in [0.05, 0.1) is 6.61 Å². The zero-order valence-corrected chi connectivity index (χ0v) is 7.50. The molecule has 2 saturated heterocycles. The standard InChI is InChI=1S/C9H7ClO3/c10-6-1-3-9-8(5-6,13-9)7(11)2-4-12-9/h1,3,5H,2,4H2. The van der Waals surface area contributed by atoms with Crippen LogP contribution in [0, 0.1) is 0 Å². The van der Waals surface area contributed by atoms with Gasteiger partial charge in [0, 0.05) is 11.5 Å². The van der Waals surface area contributed by atoms with Gasteiger partial charge in [-0.1, -0.05) is 11.6 Å². The zero-order valence-electron chi connectivity index (χ0n) is 6.75. The van der Waals surface area contributed by atoms with Crippen molar-refractivity contribution < 1.29 is 14.3 Å². The maximum atomic E-state index is 11.6. The topological polar surface area (TPSA) is 38.8 Å². The molecule has 0 bridgehead atoms. The molecule has 0 radical (unpaired) electrons. The van der Waals surface area contributed by atoms with Crippen LogP contribution in [0.25, 0.3) is 0 Å². The molecule has 1 aliphatic carbocycles. The first kappa shape index (κ1) is 7.74. The second kappa shape index (κ2) is 2.05. The molecule has 2 aliphatic heterocycles.